The van der Waals surface area contributed by atoms with E-state index in [4.69, 9.17) is 5.11 Å². The summed E-state index contributed by atoms with van der Waals surface area (Å²) < 4.78 is 4.20. The van der Waals surface area contributed by atoms with E-state index < -0.39 is 12.0 Å². The summed E-state index contributed by atoms with van der Waals surface area (Å²) in [6, 6.07) is -0.570. The Morgan fingerprint density at radius 3 is 2.76 bits per heavy atom. The average Bonchev–Trinajstić information content (AvgIpc) is 2.63. The second kappa shape index (κ2) is 6.54. The normalized spacial score (nSPS) is 12.7. The van der Waals surface area contributed by atoms with Gasteiger partial charge in [0.05, 0.1) is 0 Å². The van der Waals surface area contributed by atoms with Gasteiger partial charge in [0.2, 0.25) is 5.13 Å². The first-order valence-electron chi connectivity index (χ1n) is 5.84. The van der Waals surface area contributed by atoms with Gasteiger partial charge in [0.15, 0.2) is 0 Å². The van der Waals surface area contributed by atoms with Gasteiger partial charge in [0.25, 0.3) is 0 Å². The van der Waals surface area contributed by atoms with Crippen LogP contribution in [-0.4, -0.2) is 26.5 Å². The van der Waals surface area contributed by atoms with Crippen LogP contribution >= 0.6 is 11.5 Å². The first-order chi connectivity index (χ1) is 8.02. The van der Waals surface area contributed by atoms with E-state index >= 15 is 0 Å². The number of aromatic nitrogens is 2. The molecule has 0 aliphatic rings. The topological polar surface area (TPSA) is 75.1 Å². The van der Waals surface area contributed by atoms with Crippen molar-refractivity contribution in [2.24, 2.45) is 5.92 Å². The van der Waals surface area contributed by atoms with E-state index in [1.54, 1.807) is 0 Å². The van der Waals surface area contributed by atoms with Crippen LogP contribution in [0.4, 0.5) is 5.13 Å². The van der Waals surface area contributed by atoms with Gasteiger partial charge in [-0.1, -0.05) is 27.2 Å². The number of anilines is 1. The molecular weight excluding hydrogens is 238 g/mol. The predicted molar refractivity (Wildman–Crippen MR) is 68.4 cm³/mol. The third-order valence-electron chi connectivity index (χ3n) is 2.23. The summed E-state index contributed by atoms with van der Waals surface area (Å²) in [6.07, 6.45) is 2.24. The molecule has 0 saturated carbocycles. The molecule has 1 unspecified atom stereocenters. The molecule has 1 heterocycles. The van der Waals surface area contributed by atoms with Crippen LogP contribution in [0.25, 0.3) is 0 Å². The maximum atomic E-state index is 11.0. The summed E-state index contributed by atoms with van der Waals surface area (Å²) in [4.78, 5) is 15.3. The van der Waals surface area contributed by atoms with Gasteiger partial charge in [-0.3, -0.25) is 0 Å². The summed E-state index contributed by atoms with van der Waals surface area (Å²) >= 11 is 1.23. The van der Waals surface area contributed by atoms with Crippen molar-refractivity contribution in [1.29, 1.82) is 0 Å². The van der Waals surface area contributed by atoms with Crippen molar-refractivity contribution in [1.82, 2.24) is 9.36 Å². The minimum absolute atomic E-state index is 0.503. The van der Waals surface area contributed by atoms with E-state index in [1.165, 1.54) is 11.5 Å². The Kier molecular flexibility index (Phi) is 5.34. The molecule has 0 amide bonds. The smallest absolute Gasteiger partial charge is 0.326 e. The highest BCUT2D eigenvalue weighted by molar-refractivity contribution is 7.09. The van der Waals surface area contributed by atoms with E-state index in [2.05, 4.69) is 28.5 Å². The first-order valence-corrected chi connectivity index (χ1v) is 6.62. The van der Waals surface area contributed by atoms with Gasteiger partial charge < -0.3 is 10.4 Å². The number of rotatable bonds is 7. The summed E-state index contributed by atoms with van der Waals surface area (Å²) in [5, 5.41) is 12.5. The number of hydrogen-bond acceptors (Lipinski definition) is 5. The minimum atomic E-state index is -0.840. The highest BCUT2D eigenvalue weighted by Crippen LogP contribution is 2.16. The maximum absolute atomic E-state index is 11.0. The van der Waals surface area contributed by atoms with Crippen LogP contribution in [0.2, 0.25) is 0 Å². The van der Waals surface area contributed by atoms with Crippen LogP contribution in [0.3, 0.4) is 0 Å². The Labute approximate surface area is 105 Å². The third-order valence-corrected chi connectivity index (χ3v) is 2.92. The summed E-state index contributed by atoms with van der Waals surface area (Å²) in [5.74, 6) is 0.448. The zero-order valence-corrected chi connectivity index (χ0v) is 11.3. The number of hydrogen-bond donors (Lipinski definition) is 2. The molecule has 1 aromatic rings. The lowest BCUT2D eigenvalue weighted by atomic mass is 10.1. The maximum Gasteiger partial charge on any atom is 0.326 e. The van der Waals surface area contributed by atoms with E-state index in [0.29, 0.717) is 17.5 Å². The molecule has 6 heteroatoms. The Morgan fingerprint density at radius 2 is 2.24 bits per heavy atom. The molecule has 17 heavy (non-hydrogen) atoms. The number of nitrogens with one attached hydrogen (secondary N) is 1. The van der Waals surface area contributed by atoms with Gasteiger partial charge in [0.1, 0.15) is 11.9 Å². The summed E-state index contributed by atoms with van der Waals surface area (Å²) in [6.45, 7) is 6.17. The molecule has 0 aliphatic carbocycles. The second-order valence-electron chi connectivity index (χ2n) is 4.44. The standard InChI is InChI=1S/C11H19N3O2S/c1-4-5-8(10(15)16)12-11-13-9(14-17-11)6-7(2)3/h7-8H,4-6H2,1-3H3,(H,15,16)(H,12,13,14). The van der Waals surface area contributed by atoms with Crippen LogP contribution < -0.4 is 5.32 Å². The molecule has 0 saturated heterocycles. The fourth-order valence-electron chi connectivity index (χ4n) is 1.46. The van der Waals surface area contributed by atoms with E-state index in [9.17, 15) is 4.79 Å². The van der Waals surface area contributed by atoms with Gasteiger partial charge in [-0.2, -0.15) is 4.37 Å². The predicted octanol–water partition coefficient (Wildman–Crippen LogP) is 2.40. The van der Waals surface area contributed by atoms with E-state index in [-0.39, 0.29) is 0 Å². The van der Waals surface area contributed by atoms with Crippen molar-refractivity contribution in [3.63, 3.8) is 0 Å². The molecule has 2 N–H and O–H groups in total. The Hall–Kier alpha value is -1.17. The lowest BCUT2D eigenvalue weighted by Crippen LogP contribution is -2.28. The quantitative estimate of drug-likeness (QED) is 0.784. The molecule has 1 rings (SSSR count). The lowest BCUT2D eigenvalue weighted by molar-refractivity contribution is -0.138. The fraction of sp³-hybridized carbons (Fsp3) is 0.727. The SMILES string of the molecule is CCCC(Nc1nc(CC(C)C)ns1)C(=O)O. The van der Waals surface area contributed by atoms with E-state index in [0.717, 1.165) is 18.7 Å². The van der Waals surface area contributed by atoms with Crippen LogP contribution in [0.5, 0.6) is 0 Å². The molecule has 0 bridgehead atoms. The zero-order chi connectivity index (χ0) is 12.8. The first kappa shape index (κ1) is 13.9. The van der Waals surface area contributed by atoms with Gasteiger partial charge in [0, 0.05) is 18.0 Å². The van der Waals surface area contributed by atoms with Crippen LogP contribution in [0.15, 0.2) is 0 Å². The number of carboxylic acid groups (broad SMARTS) is 1. The van der Waals surface area contributed by atoms with Crippen LogP contribution in [0, 0.1) is 5.92 Å². The van der Waals surface area contributed by atoms with Crippen LogP contribution in [-0.2, 0) is 11.2 Å². The van der Waals surface area contributed by atoms with Gasteiger partial charge in [-0.05, 0) is 12.3 Å². The number of nitrogens with zero attached hydrogens (tertiary/aromatic N) is 2. The molecule has 5 nitrogen and oxygen atoms in total. The molecule has 0 aromatic carbocycles. The molecule has 0 fully saturated rings. The number of carboxylic acids is 1. The molecule has 1 aromatic heterocycles. The molecular formula is C11H19N3O2S. The third kappa shape index (κ3) is 4.68. The Bertz CT molecular complexity index is 365. The fourth-order valence-corrected chi connectivity index (χ4v) is 2.10. The molecule has 0 spiro atoms. The molecule has 1 atom stereocenters. The monoisotopic (exact) mass is 257 g/mol. The lowest BCUT2D eigenvalue weighted by Gasteiger charge is -2.11. The largest absolute Gasteiger partial charge is 0.480 e. The summed E-state index contributed by atoms with van der Waals surface area (Å²) in [7, 11) is 0. The Morgan fingerprint density at radius 1 is 1.53 bits per heavy atom. The number of carbonyl (C=O) groups is 1. The van der Waals surface area contributed by atoms with Crippen molar-refractivity contribution < 1.29 is 9.90 Å². The minimum Gasteiger partial charge on any atom is -0.480 e. The molecule has 0 radical (unpaired) electrons. The number of aliphatic carboxylic acids is 1. The van der Waals surface area contributed by atoms with Crippen molar-refractivity contribution in [3.8, 4) is 0 Å². The molecule has 96 valence electrons. The van der Waals surface area contributed by atoms with Gasteiger partial charge in [-0.15, -0.1) is 0 Å². The molecule has 0 aliphatic heterocycles. The van der Waals surface area contributed by atoms with Crippen molar-refractivity contribution in [3.05, 3.63) is 5.82 Å². The van der Waals surface area contributed by atoms with Crippen molar-refractivity contribution in [2.75, 3.05) is 5.32 Å². The average molecular weight is 257 g/mol. The van der Waals surface area contributed by atoms with E-state index in [1.807, 2.05) is 6.92 Å². The van der Waals surface area contributed by atoms with Crippen molar-refractivity contribution in [2.45, 2.75) is 46.1 Å². The van der Waals surface area contributed by atoms with Gasteiger partial charge >= 0.3 is 5.97 Å². The summed E-state index contributed by atoms with van der Waals surface area (Å²) in [5.41, 5.74) is 0. The highest BCUT2D eigenvalue weighted by atomic mass is 32.1. The van der Waals surface area contributed by atoms with Gasteiger partial charge in [-0.25, -0.2) is 9.78 Å². The Balaban J connectivity index is 2.60. The highest BCUT2D eigenvalue weighted by Gasteiger charge is 2.17. The zero-order valence-electron chi connectivity index (χ0n) is 10.4. The van der Waals surface area contributed by atoms with Crippen molar-refractivity contribution >= 4 is 22.6 Å². The second-order valence-corrected chi connectivity index (χ2v) is 5.19. The van der Waals surface area contributed by atoms with Crippen LogP contribution in [0.1, 0.15) is 39.4 Å².